The Morgan fingerprint density at radius 3 is 2.14 bits per heavy atom. The van der Waals surface area contributed by atoms with E-state index in [4.69, 9.17) is 9.72 Å². The highest BCUT2D eigenvalue weighted by atomic mass is 32.1. The average Bonchev–Trinajstić information content (AvgIpc) is 3.98. The van der Waals surface area contributed by atoms with Gasteiger partial charge in [-0.3, -0.25) is 9.59 Å². The number of nitrogens with one attached hydrogen (secondary N) is 3. The molecule has 0 radical (unpaired) electrons. The Balaban J connectivity index is 0.00000271. The van der Waals surface area contributed by atoms with Crippen LogP contribution in [0.4, 0.5) is 4.79 Å². The van der Waals surface area contributed by atoms with E-state index >= 15 is 0 Å². The number of H-pyrrole nitrogens is 2. The molecule has 0 bridgehead atoms. The number of hydrogen-bond acceptors (Lipinski definition) is 9. The molecular formula is C38H52N8O6S4. The minimum absolute atomic E-state index is 0. The van der Waals surface area contributed by atoms with Gasteiger partial charge in [-0.05, 0) is 74.4 Å². The third kappa shape index (κ3) is 11.0. The second kappa shape index (κ2) is 21.9. The molecule has 3 amide bonds. The van der Waals surface area contributed by atoms with Crippen LogP contribution in [0.25, 0.3) is 22.3 Å². The lowest BCUT2D eigenvalue weighted by atomic mass is 10.0. The topological polar surface area (TPSA) is 167 Å². The number of nitrogens with zero attached hydrogens (tertiary/aromatic N) is 5. The first-order valence-electron chi connectivity index (χ1n) is 17.5. The lowest BCUT2D eigenvalue weighted by Gasteiger charge is -2.30. The van der Waals surface area contributed by atoms with Crippen molar-refractivity contribution in [1.29, 1.82) is 0 Å². The molecule has 2 saturated heterocycles. The van der Waals surface area contributed by atoms with Gasteiger partial charge in [0.25, 0.3) is 0 Å². The van der Waals surface area contributed by atoms with Crippen molar-refractivity contribution in [2.75, 3.05) is 27.3 Å². The first kappa shape index (κ1) is 47.9. The summed E-state index contributed by atoms with van der Waals surface area (Å²) in [5, 5.41) is 2.69. The van der Waals surface area contributed by atoms with Gasteiger partial charge < -0.3 is 34.7 Å². The Kier molecular flexibility index (Phi) is 18.7. The number of benzene rings is 2. The van der Waals surface area contributed by atoms with Gasteiger partial charge in [0, 0.05) is 24.2 Å². The van der Waals surface area contributed by atoms with Crippen LogP contribution < -0.4 is 5.32 Å². The summed E-state index contributed by atoms with van der Waals surface area (Å²) >= 11 is 0. The first-order chi connectivity index (χ1) is 25.2. The molecule has 2 aromatic heterocycles. The maximum absolute atomic E-state index is 13.5. The summed E-state index contributed by atoms with van der Waals surface area (Å²) < 4.78 is 4.74. The van der Waals surface area contributed by atoms with Gasteiger partial charge in [-0.25, -0.2) is 19.8 Å². The van der Waals surface area contributed by atoms with Crippen molar-refractivity contribution in [2.24, 2.45) is 10.9 Å². The molecule has 4 aromatic rings. The molecule has 304 valence electrons. The number of likely N-dealkylation sites (tertiary alicyclic amines) is 2. The minimum atomic E-state index is -0.687. The quantitative estimate of drug-likeness (QED) is 0.0619. The van der Waals surface area contributed by atoms with E-state index in [2.05, 4.69) is 46.9 Å². The molecule has 56 heavy (non-hydrogen) atoms. The predicted molar refractivity (Wildman–Crippen MR) is 235 cm³/mol. The van der Waals surface area contributed by atoms with E-state index in [1.54, 1.807) is 18.0 Å². The van der Waals surface area contributed by atoms with Crippen LogP contribution in [0.1, 0.15) is 81.3 Å². The van der Waals surface area contributed by atoms with Crippen LogP contribution in [-0.4, -0.2) is 93.4 Å². The van der Waals surface area contributed by atoms with Crippen molar-refractivity contribution in [3.05, 3.63) is 71.4 Å². The van der Waals surface area contributed by atoms with Gasteiger partial charge in [-0.1, -0.05) is 37.8 Å². The van der Waals surface area contributed by atoms with E-state index in [-0.39, 0.29) is 83.8 Å². The number of carbonyl (C=O) groups excluding carboxylic acids is 3. The Bertz CT molecular complexity index is 2010. The highest BCUT2D eigenvalue weighted by molar-refractivity contribution is 7.59. The third-order valence-electron chi connectivity index (χ3n) is 9.52. The van der Waals surface area contributed by atoms with Crippen molar-refractivity contribution in [2.45, 2.75) is 70.6 Å². The van der Waals surface area contributed by atoms with Crippen LogP contribution in [0.2, 0.25) is 0 Å². The Morgan fingerprint density at radius 1 is 0.875 bits per heavy atom. The fourth-order valence-corrected chi connectivity index (χ4v) is 6.77. The number of fused-ring (bicyclic) bond motifs is 1. The van der Waals surface area contributed by atoms with E-state index < -0.39 is 18.2 Å². The van der Waals surface area contributed by atoms with E-state index in [0.717, 1.165) is 71.3 Å². The fraction of sp³-hybridized carbons (Fsp3) is 0.421. The molecule has 3 N–H and O–H groups in total. The summed E-state index contributed by atoms with van der Waals surface area (Å²) in [6.07, 6.45) is 5.61. The van der Waals surface area contributed by atoms with Crippen molar-refractivity contribution in [3.63, 3.8) is 0 Å². The Morgan fingerprint density at radius 2 is 1.50 bits per heavy atom. The van der Waals surface area contributed by atoms with Crippen molar-refractivity contribution in [3.8, 4) is 23.1 Å². The highest BCUT2D eigenvalue weighted by Crippen LogP contribution is 2.34. The number of hydrogen-bond donors (Lipinski definition) is 3. The summed E-state index contributed by atoms with van der Waals surface area (Å²) in [6, 6.07) is 12.1. The molecule has 2 fully saturated rings. The van der Waals surface area contributed by atoms with Gasteiger partial charge in [0.15, 0.2) is 0 Å². The van der Waals surface area contributed by atoms with Crippen molar-refractivity contribution < 1.29 is 28.9 Å². The summed E-state index contributed by atoms with van der Waals surface area (Å²) in [4.78, 5) is 71.7. The maximum Gasteiger partial charge on any atom is 0.407 e. The molecular weight excluding hydrogens is 793 g/mol. The molecule has 0 spiro atoms. The molecule has 0 saturated carbocycles. The Hall–Kier alpha value is -4.28. The van der Waals surface area contributed by atoms with Gasteiger partial charge in [-0.15, -0.1) is 0 Å². The van der Waals surface area contributed by atoms with Crippen molar-refractivity contribution in [1.82, 2.24) is 35.1 Å². The standard InChI is InChI=1S/C38H44N8O6.4H2S/c1-23(2)33(44-38(49)50-4)37(48)46-19-6-8-31(46)34-39-21-30(43-34)27-15-12-25(13-16-27)10-11-26-14-17-28-29(20-26)42-35(41-28)32-9-7-18-45(32)36(47)24(3)40-22-52-51-5;;;;/h12-17,20-24,31-33H,6-9,18-19H2,1-5H3,(H,39,43)(H,41,42)(H,44,49);4*1H2/t24-,31-,32-,33-;;;;/m0..../s1. The van der Waals surface area contributed by atoms with Crippen LogP contribution in [0.15, 0.2) is 53.7 Å². The zero-order valence-electron chi connectivity index (χ0n) is 32.0. The number of aliphatic imine (C=N–C) groups is 1. The largest absolute Gasteiger partial charge is 0.453 e. The SMILES string of the molecule is COOC=N[C@@H](C)C(=O)N1CCC[C@H]1c1nc2ccc(C#Cc3ccc(-c4cnc([C@@H]5CCCN5C(=O)[C@@H](NC(=O)OC)C(C)C)[nH]4)cc3)cc2[nH]1.S.S.S.S. The van der Waals surface area contributed by atoms with Crippen LogP contribution in [-0.2, 0) is 24.1 Å². The van der Waals surface area contributed by atoms with Crippen LogP contribution in [0.3, 0.4) is 0 Å². The number of methoxy groups -OCH3 is 1. The van der Waals surface area contributed by atoms with Gasteiger partial charge in [-0.2, -0.15) is 58.9 Å². The van der Waals surface area contributed by atoms with Crippen molar-refractivity contribution >= 4 is 89.3 Å². The number of aromatic amines is 2. The maximum atomic E-state index is 13.5. The normalized spacial score (nSPS) is 17.1. The molecule has 4 heterocycles. The summed E-state index contributed by atoms with van der Waals surface area (Å²) in [5.41, 5.74) is 5.14. The molecule has 0 aliphatic carbocycles. The monoisotopic (exact) mass is 844 g/mol. The van der Waals surface area contributed by atoms with Crippen LogP contribution >= 0.6 is 54.0 Å². The lowest BCUT2D eigenvalue weighted by Crippen LogP contribution is -2.51. The smallest absolute Gasteiger partial charge is 0.407 e. The molecule has 6 rings (SSSR count). The second-order valence-electron chi connectivity index (χ2n) is 13.3. The van der Waals surface area contributed by atoms with E-state index in [1.165, 1.54) is 14.2 Å². The Labute approximate surface area is 355 Å². The summed E-state index contributed by atoms with van der Waals surface area (Å²) in [7, 11) is 2.66. The number of amides is 3. The number of carbonyl (C=O) groups is 3. The van der Waals surface area contributed by atoms with Crippen LogP contribution in [0.5, 0.6) is 0 Å². The number of aromatic nitrogens is 4. The van der Waals surface area contributed by atoms with E-state index in [9.17, 15) is 14.4 Å². The average molecular weight is 845 g/mol. The lowest BCUT2D eigenvalue weighted by molar-refractivity contribution is -0.188. The van der Waals surface area contributed by atoms with Crippen LogP contribution in [0, 0.1) is 17.8 Å². The number of ether oxygens (including phenoxy) is 1. The highest BCUT2D eigenvalue weighted by Gasteiger charge is 2.38. The minimum Gasteiger partial charge on any atom is -0.453 e. The number of alkyl carbamates (subject to hydrolysis) is 1. The third-order valence-corrected chi connectivity index (χ3v) is 9.52. The summed E-state index contributed by atoms with van der Waals surface area (Å²) in [5.74, 6) is 7.62. The number of imidazole rings is 2. The van der Waals surface area contributed by atoms with Gasteiger partial charge in [0.2, 0.25) is 18.2 Å². The van der Waals surface area contributed by atoms with Gasteiger partial charge in [0.05, 0.1) is 49.2 Å². The zero-order chi connectivity index (χ0) is 36.8. The van der Waals surface area contributed by atoms with Gasteiger partial charge >= 0.3 is 6.09 Å². The van der Waals surface area contributed by atoms with E-state index in [1.807, 2.05) is 61.2 Å². The predicted octanol–water partition coefficient (Wildman–Crippen LogP) is 5.51. The molecule has 2 aliphatic rings. The molecule has 18 heteroatoms. The summed E-state index contributed by atoms with van der Waals surface area (Å²) in [6.45, 7) is 6.75. The fourth-order valence-electron chi connectivity index (χ4n) is 6.77. The molecule has 14 nitrogen and oxygen atoms in total. The number of rotatable bonds is 10. The molecule has 0 unspecified atom stereocenters. The molecule has 2 aliphatic heterocycles. The van der Waals surface area contributed by atoms with Gasteiger partial charge in [0.1, 0.15) is 23.7 Å². The first-order valence-corrected chi connectivity index (χ1v) is 17.5. The van der Waals surface area contributed by atoms with E-state index in [0.29, 0.717) is 18.9 Å². The zero-order valence-corrected chi connectivity index (χ0v) is 36.0. The second-order valence-corrected chi connectivity index (χ2v) is 13.3. The molecule has 2 aromatic carbocycles. The molecule has 4 atom stereocenters.